The van der Waals surface area contributed by atoms with Crippen LogP contribution in [0.25, 0.3) is 0 Å². The van der Waals surface area contributed by atoms with Crippen molar-refractivity contribution in [2.75, 3.05) is 13.1 Å². The number of nitrogens with one attached hydrogen (secondary N) is 4. The van der Waals surface area contributed by atoms with E-state index in [0.717, 1.165) is 0 Å². The van der Waals surface area contributed by atoms with Crippen LogP contribution in [-0.2, 0) is 43.2 Å². The van der Waals surface area contributed by atoms with Crippen LogP contribution < -0.4 is 27.0 Å². The van der Waals surface area contributed by atoms with Gasteiger partial charge in [0, 0.05) is 44.6 Å². The number of ketones is 3. The molecule has 4 amide bonds. The van der Waals surface area contributed by atoms with Crippen LogP contribution in [0.1, 0.15) is 78.6 Å². The largest absolute Gasteiger partial charge is 0.481 e. The van der Waals surface area contributed by atoms with Gasteiger partial charge in [0.15, 0.2) is 11.6 Å². The minimum absolute atomic E-state index is 0.0268. The minimum atomic E-state index is -1.46. The fourth-order valence-electron chi connectivity index (χ4n) is 5.02. The molecule has 6 atom stereocenters. The summed E-state index contributed by atoms with van der Waals surface area (Å²) in [6.45, 7) is 4.53. The first-order chi connectivity index (χ1) is 21.9. The van der Waals surface area contributed by atoms with Crippen molar-refractivity contribution in [2.45, 2.75) is 103 Å². The van der Waals surface area contributed by atoms with Crippen molar-refractivity contribution in [3.05, 3.63) is 0 Å². The zero-order chi connectivity index (χ0) is 35.8. The summed E-state index contributed by atoms with van der Waals surface area (Å²) in [5.74, 6) is -9.82. The summed E-state index contributed by atoms with van der Waals surface area (Å²) >= 11 is 0. The Balaban J connectivity index is 2.87. The van der Waals surface area contributed by atoms with Crippen molar-refractivity contribution in [2.24, 2.45) is 23.5 Å². The second kappa shape index (κ2) is 20.1. The third-order valence-corrected chi connectivity index (χ3v) is 7.53. The summed E-state index contributed by atoms with van der Waals surface area (Å²) < 4.78 is 0. The fourth-order valence-corrected chi connectivity index (χ4v) is 5.02. The molecule has 17 nitrogen and oxygen atoms in total. The minimum Gasteiger partial charge on any atom is -0.481 e. The van der Waals surface area contributed by atoms with Gasteiger partial charge in [-0.1, -0.05) is 13.8 Å². The average Bonchev–Trinajstić information content (AvgIpc) is 3.41. The molecule has 1 aliphatic heterocycles. The van der Waals surface area contributed by atoms with Crippen LogP contribution in [-0.4, -0.2) is 106 Å². The van der Waals surface area contributed by atoms with E-state index in [0.29, 0.717) is 0 Å². The maximum atomic E-state index is 13.2. The number of β-amino-alcohol motifs (C(OH)–C–C–N with tert-alkyl or cyclic N) is 1. The molecule has 0 aromatic carbocycles. The summed E-state index contributed by atoms with van der Waals surface area (Å²) in [5, 5.41) is 37.9. The number of aliphatic hydroxyl groups is 1. The zero-order valence-electron chi connectivity index (χ0n) is 26.9. The molecule has 0 saturated carbocycles. The van der Waals surface area contributed by atoms with Gasteiger partial charge in [-0.05, 0) is 32.1 Å². The molecular weight excluding hydrogens is 622 g/mol. The number of hydrogen-bond acceptors (Lipinski definition) is 11. The van der Waals surface area contributed by atoms with Gasteiger partial charge in [0.1, 0.15) is 11.8 Å². The van der Waals surface area contributed by atoms with Crippen molar-refractivity contribution < 1.29 is 58.5 Å². The molecule has 1 rings (SSSR count). The molecule has 0 radical (unpaired) electrons. The van der Waals surface area contributed by atoms with Gasteiger partial charge < -0.3 is 42.3 Å². The summed E-state index contributed by atoms with van der Waals surface area (Å²) in [4.78, 5) is 110. The molecule has 0 aliphatic carbocycles. The summed E-state index contributed by atoms with van der Waals surface area (Å²) in [6.07, 6.45) is -3.09. The van der Waals surface area contributed by atoms with E-state index in [2.05, 4.69) is 21.3 Å². The molecule has 1 saturated heterocycles. The Bertz CT molecular complexity index is 1190. The highest BCUT2D eigenvalue weighted by Crippen LogP contribution is 2.18. The first-order valence-electron chi connectivity index (χ1n) is 15.5. The number of primary amides is 1. The second-order valence-electron chi connectivity index (χ2n) is 12.3. The first-order valence-corrected chi connectivity index (χ1v) is 15.5. The molecule has 1 fully saturated rings. The summed E-state index contributed by atoms with van der Waals surface area (Å²) in [5.41, 5.74) is 5.19. The first kappa shape index (κ1) is 40.8. The van der Waals surface area contributed by atoms with Gasteiger partial charge in [-0.3, -0.25) is 43.2 Å². The molecule has 0 spiro atoms. The van der Waals surface area contributed by atoms with Crippen LogP contribution in [0.15, 0.2) is 0 Å². The number of carboxylic acids is 2. The van der Waals surface area contributed by atoms with Gasteiger partial charge in [0.25, 0.3) is 0 Å². The smallest absolute Gasteiger partial charge is 0.325 e. The second-order valence-corrected chi connectivity index (χ2v) is 12.3. The molecular formula is C30H47N5O12. The molecule has 0 aromatic rings. The van der Waals surface area contributed by atoms with E-state index in [1.165, 1.54) is 6.92 Å². The van der Waals surface area contributed by atoms with E-state index in [1.54, 1.807) is 13.8 Å². The fraction of sp³-hybridized carbons (Fsp3) is 0.700. The van der Waals surface area contributed by atoms with E-state index in [-0.39, 0.29) is 63.2 Å². The van der Waals surface area contributed by atoms with Crippen LogP contribution in [0.2, 0.25) is 0 Å². The topological polar surface area (TPSA) is 288 Å². The van der Waals surface area contributed by atoms with Crippen LogP contribution >= 0.6 is 0 Å². The van der Waals surface area contributed by atoms with Crippen molar-refractivity contribution in [1.29, 1.82) is 0 Å². The van der Waals surface area contributed by atoms with E-state index in [9.17, 15) is 53.4 Å². The van der Waals surface area contributed by atoms with Gasteiger partial charge in [0.2, 0.25) is 23.6 Å². The van der Waals surface area contributed by atoms with Crippen LogP contribution in [0, 0.1) is 17.8 Å². The number of rotatable bonds is 23. The zero-order valence-corrected chi connectivity index (χ0v) is 26.9. The predicted octanol–water partition coefficient (Wildman–Crippen LogP) is -1.81. The number of nitrogens with two attached hydrogens (primary N) is 1. The van der Waals surface area contributed by atoms with E-state index in [1.807, 2.05) is 0 Å². The maximum absolute atomic E-state index is 13.2. The number of aliphatic carboxylic acids is 2. The highest BCUT2D eigenvalue weighted by molar-refractivity contribution is 5.96. The normalized spacial score (nSPS) is 18.3. The summed E-state index contributed by atoms with van der Waals surface area (Å²) in [7, 11) is 0. The third-order valence-electron chi connectivity index (χ3n) is 7.53. The lowest BCUT2D eigenvalue weighted by Gasteiger charge is -2.21. The molecule has 1 heterocycles. The molecule has 1 aliphatic rings. The lowest BCUT2D eigenvalue weighted by molar-refractivity contribution is -0.142. The quantitative estimate of drug-likeness (QED) is 0.0596. The van der Waals surface area contributed by atoms with Gasteiger partial charge >= 0.3 is 11.9 Å². The molecule has 47 heavy (non-hydrogen) atoms. The number of carbonyl (C=O) groups is 9. The molecule has 0 bridgehead atoms. The Hall–Kier alpha value is -4.25. The monoisotopic (exact) mass is 669 g/mol. The number of carboxylic acid groups (broad SMARTS) is 2. The van der Waals surface area contributed by atoms with Gasteiger partial charge in [-0.25, -0.2) is 0 Å². The Morgan fingerprint density at radius 1 is 0.851 bits per heavy atom. The van der Waals surface area contributed by atoms with Crippen LogP contribution in [0.4, 0.5) is 0 Å². The number of aliphatic hydroxyl groups excluding tert-OH is 1. The standard InChI is InChI=1S/C30H47N5O12/c1-15(2)8-17(29(45)34-16(3)30(46)47)9-19(36)14-33-28(44)18(11-27(42)43)10-24(39)21(4-6-25(31)40)35-26(41)7-5-23(38)22-12-20(37)13-32-22/h15-18,20-22,32,37H,4-14H2,1-3H3,(H2,31,40)(H,33,44)(H,34,45)(H,35,41)(H,42,43)(H,46,47)/t16-,17+,18-,20+,21-,22-/m0/s1. The van der Waals surface area contributed by atoms with Gasteiger partial charge in [-0.15, -0.1) is 0 Å². The lowest BCUT2D eigenvalue weighted by atomic mass is 9.91. The summed E-state index contributed by atoms with van der Waals surface area (Å²) in [6, 6.07) is -3.12. The van der Waals surface area contributed by atoms with Crippen molar-refractivity contribution >= 4 is 52.9 Å². The number of carbonyl (C=O) groups excluding carboxylic acids is 7. The van der Waals surface area contributed by atoms with Crippen LogP contribution in [0.3, 0.4) is 0 Å². The predicted molar refractivity (Wildman–Crippen MR) is 163 cm³/mol. The lowest BCUT2D eigenvalue weighted by Crippen LogP contribution is -2.45. The van der Waals surface area contributed by atoms with E-state index < -0.39 is 103 Å². The third kappa shape index (κ3) is 16.2. The highest BCUT2D eigenvalue weighted by Gasteiger charge is 2.32. The number of hydrogen-bond donors (Lipinski definition) is 8. The molecule has 264 valence electrons. The van der Waals surface area contributed by atoms with E-state index in [4.69, 9.17) is 10.8 Å². The Kier molecular flexibility index (Phi) is 17.4. The molecule has 17 heteroatoms. The molecule has 0 unspecified atom stereocenters. The van der Waals surface area contributed by atoms with E-state index >= 15 is 0 Å². The number of amides is 4. The van der Waals surface area contributed by atoms with Crippen molar-refractivity contribution in [1.82, 2.24) is 21.3 Å². The van der Waals surface area contributed by atoms with Crippen molar-refractivity contribution in [3.63, 3.8) is 0 Å². The SMILES string of the molecule is CC(C)C[C@H](CC(=O)CNC(=O)[C@H](CC(=O)O)CC(=O)[C@H](CCC(N)=O)NC(=O)CCC(=O)[C@@H]1C[C@@H](O)CN1)C(=O)N[C@@H](C)C(=O)O. The van der Waals surface area contributed by atoms with Gasteiger partial charge in [-0.2, -0.15) is 0 Å². The highest BCUT2D eigenvalue weighted by atomic mass is 16.4. The Morgan fingerprint density at radius 2 is 1.51 bits per heavy atom. The van der Waals surface area contributed by atoms with Crippen LogP contribution in [0.5, 0.6) is 0 Å². The number of Topliss-reactive ketones (excluding diaryl/α,β-unsaturated/α-hetero) is 3. The molecule has 0 aromatic heterocycles. The van der Waals surface area contributed by atoms with Gasteiger partial charge in [0.05, 0.1) is 37.1 Å². The van der Waals surface area contributed by atoms with Crippen molar-refractivity contribution in [3.8, 4) is 0 Å². The average molecular weight is 670 g/mol. The maximum Gasteiger partial charge on any atom is 0.325 e. The Labute approximate surface area is 272 Å². The Morgan fingerprint density at radius 3 is 2.04 bits per heavy atom. The molecule has 9 N–H and O–H groups in total.